The first-order chi connectivity index (χ1) is 11.5. The molecule has 116 valence electrons. The van der Waals surface area contributed by atoms with E-state index in [0.29, 0.717) is 10.8 Å². The first-order valence-corrected chi connectivity index (χ1v) is 7.11. The Morgan fingerprint density at radius 3 is 1.88 bits per heavy atom. The quantitative estimate of drug-likeness (QED) is 0.550. The van der Waals surface area contributed by atoms with Crippen LogP contribution >= 0.6 is 0 Å². The normalized spacial score (nSPS) is 10.3. The van der Waals surface area contributed by atoms with Crippen molar-refractivity contribution < 1.29 is 19.8 Å². The van der Waals surface area contributed by atoms with Gasteiger partial charge in [0.25, 0.3) is 0 Å². The lowest BCUT2D eigenvalue weighted by molar-refractivity contribution is 0.0688. The van der Waals surface area contributed by atoms with Gasteiger partial charge in [0.05, 0.1) is 11.1 Å². The Hall–Kier alpha value is -3.58. The smallest absolute Gasteiger partial charge is 0.337 e. The number of rotatable bonds is 2. The summed E-state index contributed by atoms with van der Waals surface area (Å²) in [4.78, 5) is 22.0. The van der Waals surface area contributed by atoms with Crippen LogP contribution in [0.2, 0.25) is 0 Å². The lowest BCUT2D eigenvalue weighted by Gasteiger charge is -2.10. The zero-order valence-electron chi connectivity index (χ0n) is 12.5. The van der Waals surface area contributed by atoms with Crippen LogP contribution in [0.25, 0.3) is 21.9 Å². The third-order valence-electron chi connectivity index (χ3n) is 3.85. The first-order valence-electron chi connectivity index (χ1n) is 7.11. The molecule has 0 amide bonds. The van der Waals surface area contributed by atoms with Crippen molar-refractivity contribution in [2.75, 3.05) is 0 Å². The fourth-order valence-electron chi connectivity index (χ4n) is 2.48. The van der Waals surface area contributed by atoms with Crippen LogP contribution in [0.15, 0.2) is 54.6 Å². The Kier molecular flexibility index (Phi) is 3.77. The number of carboxylic acid groups (broad SMARTS) is 2. The molecule has 2 aliphatic carbocycles. The van der Waals surface area contributed by atoms with Gasteiger partial charge in [0.2, 0.25) is 0 Å². The minimum atomic E-state index is -1.13. The van der Waals surface area contributed by atoms with Crippen molar-refractivity contribution in [1.29, 1.82) is 0 Å². The standard InChI is InChI=1S/C14H8O4.C6H4/c1-2-8-3-4-9-7-10(13(15)16)5-6-11(9)12(8)14(17)18;1-2-6-4-3-5(1)6/h1,3-7H,(H,15,16)(H,17,18);1-4H. The highest BCUT2D eigenvalue weighted by molar-refractivity contribution is 6.07. The maximum atomic E-state index is 11.2. The molecular formula is C20H12O4. The van der Waals surface area contributed by atoms with Crippen LogP contribution in [0.5, 0.6) is 0 Å². The van der Waals surface area contributed by atoms with E-state index < -0.39 is 11.9 Å². The summed E-state index contributed by atoms with van der Waals surface area (Å²) >= 11 is 0. The molecule has 0 radical (unpaired) electrons. The summed E-state index contributed by atoms with van der Waals surface area (Å²) in [5.74, 6) is 0.121. The van der Waals surface area contributed by atoms with Gasteiger partial charge < -0.3 is 10.2 Å². The van der Waals surface area contributed by atoms with Crippen molar-refractivity contribution in [1.82, 2.24) is 0 Å². The second-order valence-electron chi connectivity index (χ2n) is 5.26. The van der Waals surface area contributed by atoms with E-state index in [1.54, 1.807) is 6.07 Å². The summed E-state index contributed by atoms with van der Waals surface area (Å²) in [6, 6.07) is 15.8. The average molecular weight is 316 g/mol. The molecule has 0 fully saturated rings. The largest absolute Gasteiger partial charge is 0.478 e. The molecule has 24 heavy (non-hydrogen) atoms. The van der Waals surface area contributed by atoms with Crippen molar-refractivity contribution in [2.45, 2.75) is 0 Å². The van der Waals surface area contributed by atoms with Gasteiger partial charge in [0, 0.05) is 5.56 Å². The zero-order chi connectivity index (χ0) is 17.3. The van der Waals surface area contributed by atoms with E-state index in [0.717, 1.165) is 0 Å². The highest BCUT2D eigenvalue weighted by atomic mass is 16.4. The van der Waals surface area contributed by atoms with Gasteiger partial charge in [-0.25, -0.2) is 9.59 Å². The molecule has 4 nitrogen and oxygen atoms in total. The topological polar surface area (TPSA) is 74.6 Å². The maximum absolute atomic E-state index is 11.2. The van der Waals surface area contributed by atoms with E-state index in [-0.39, 0.29) is 16.7 Å². The highest BCUT2D eigenvalue weighted by Gasteiger charge is 2.14. The van der Waals surface area contributed by atoms with E-state index in [2.05, 4.69) is 30.2 Å². The molecule has 2 aliphatic rings. The lowest BCUT2D eigenvalue weighted by atomic mass is 9.95. The van der Waals surface area contributed by atoms with Crippen LogP contribution in [0.1, 0.15) is 26.3 Å². The number of carboxylic acids is 2. The predicted molar refractivity (Wildman–Crippen MR) is 91.2 cm³/mol. The molecule has 0 unspecified atom stereocenters. The van der Waals surface area contributed by atoms with Crippen LogP contribution in [0.3, 0.4) is 0 Å². The highest BCUT2D eigenvalue weighted by Crippen LogP contribution is 2.29. The van der Waals surface area contributed by atoms with Gasteiger partial charge in [-0.1, -0.05) is 42.3 Å². The van der Waals surface area contributed by atoms with E-state index in [1.165, 1.54) is 35.4 Å². The first kappa shape index (κ1) is 15.3. The van der Waals surface area contributed by atoms with Crippen LogP contribution in [-0.4, -0.2) is 22.2 Å². The summed E-state index contributed by atoms with van der Waals surface area (Å²) in [5.41, 5.74) is 3.25. The van der Waals surface area contributed by atoms with E-state index in [1.807, 2.05) is 0 Å². The van der Waals surface area contributed by atoms with Gasteiger partial charge in [0.1, 0.15) is 0 Å². The van der Waals surface area contributed by atoms with Crippen LogP contribution in [0.4, 0.5) is 0 Å². The van der Waals surface area contributed by atoms with Crippen molar-refractivity contribution >= 4 is 22.7 Å². The Balaban J connectivity index is 0.000000231. The van der Waals surface area contributed by atoms with Gasteiger partial charge in [-0.05, 0) is 40.1 Å². The molecule has 0 aromatic heterocycles. The van der Waals surface area contributed by atoms with Gasteiger partial charge in [0.15, 0.2) is 0 Å². The van der Waals surface area contributed by atoms with Gasteiger partial charge in [-0.15, -0.1) is 6.42 Å². The molecule has 4 rings (SSSR count). The van der Waals surface area contributed by atoms with Crippen molar-refractivity contribution in [3.63, 3.8) is 0 Å². The molecule has 2 aromatic carbocycles. The van der Waals surface area contributed by atoms with Gasteiger partial charge in [-0.2, -0.15) is 0 Å². The third kappa shape index (κ3) is 2.59. The summed E-state index contributed by atoms with van der Waals surface area (Å²) in [7, 11) is 0. The molecule has 0 bridgehead atoms. The molecule has 4 heteroatoms. The minimum Gasteiger partial charge on any atom is -0.478 e. The summed E-state index contributed by atoms with van der Waals surface area (Å²) < 4.78 is 0. The molecule has 0 atom stereocenters. The molecule has 2 aromatic rings. The zero-order valence-corrected chi connectivity index (χ0v) is 12.5. The van der Waals surface area contributed by atoms with Crippen LogP contribution < -0.4 is 0 Å². The number of fused-ring (bicyclic) bond motifs is 2. The molecule has 0 spiro atoms. The molecule has 2 N–H and O–H groups in total. The number of benzene rings is 3. The fourth-order valence-corrected chi connectivity index (χ4v) is 2.48. The number of hydrogen-bond donors (Lipinski definition) is 2. The number of hydrogen-bond acceptors (Lipinski definition) is 2. The van der Waals surface area contributed by atoms with E-state index >= 15 is 0 Å². The van der Waals surface area contributed by atoms with Gasteiger partial charge in [-0.3, -0.25) is 0 Å². The van der Waals surface area contributed by atoms with Gasteiger partial charge >= 0.3 is 11.9 Å². The Morgan fingerprint density at radius 1 is 0.833 bits per heavy atom. The second kappa shape index (κ2) is 5.90. The number of terminal acetylenes is 1. The van der Waals surface area contributed by atoms with Crippen molar-refractivity contribution in [2.24, 2.45) is 0 Å². The molecule has 0 heterocycles. The third-order valence-corrected chi connectivity index (χ3v) is 3.85. The molecule has 0 aliphatic heterocycles. The van der Waals surface area contributed by atoms with Crippen molar-refractivity contribution in [3.8, 4) is 23.5 Å². The SMILES string of the molecule is C#Cc1ccc2cc(C(=O)O)ccc2c1C(=O)O.c1cc2ccc1-2. The fraction of sp³-hybridized carbons (Fsp3) is 0. The monoisotopic (exact) mass is 316 g/mol. The Bertz CT molecular complexity index is 987. The Labute approximate surface area is 138 Å². The van der Waals surface area contributed by atoms with E-state index in [4.69, 9.17) is 16.6 Å². The molecular weight excluding hydrogens is 304 g/mol. The Morgan fingerprint density at radius 2 is 1.46 bits per heavy atom. The number of carbonyl (C=O) groups is 2. The molecule has 0 saturated heterocycles. The maximum Gasteiger partial charge on any atom is 0.337 e. The van der Waals surface area contributed by atoms with Crippen LogP contribution in [-0.2, 0) is 0 Å². The minimum absolute atomic E-state index is 0.0203. The summed E-state index contributed by atoms with van der Waals surface area (Å²) in [5, 5.41) is 19.0. The number of aromatic carboxylic acids is 2. The predicted octanol–water partition coefficient (Wildman–Crippen LogP) is 3.88. The second-order valence-corrected chi connectivity index (χ2v) is 5.26. The molecule has 0 saturated carbocycles. The van der Waals surface area contributed by atoms with Crippen molar-refractivity contribution in [3.05, 3.63) is 71.3 Å². The van der Waals surface area contributed by atoms with Crippen LogP contribution in [0, 0.1) is 12.3 Å². The van der Waals surface area contributed by atoms with E-state index in [9.17, 15) is 9.59 Å². The summed E-state index contributed by atoms with van der Waals surface area (Å²) in [6.07, 6.45) is 5.25. The lowest BCUT2D eigenvalue weighted by Crippen LogP contribution is -2.02. The summed E-state index contributed by atoms with van der Waals surface area (Å²) in [6.45, 7) is 0. The average Bonchev–Trinajstić information content (AvgIpc) is 2.56.